The first kappa shape index (κ1) is 17.0. The molecule has 0 radical (unpaired) electrons. The number of para-hydroxylation sites is 1. The van der Waals surface area contributed by atoms with Gasteiger partial charge in [-0.25, -0.2) is 4.98 Å². The molecule has 0 fully saturated rings. The number of amides is 1. The van der Waals surface area contributed by atoms with Crippen molar-refractivity contribution in [1.82, 2.24) is 15.3 Å². The molecule has 2 heterocycles. The highest BCUT2D eigenvalue weighted by atomic mass is 16.1. The van der Waals surface area contributed by atoms with E-state index >= 15 is 0 Å². The quantitative estimate of drug-likeness (QED) is 0.696. The molecule has 2 aromatic heterocycles. The van der Waals surface area contributed by atoms with Crippen LogP contribution in [0.5, 0.6) is 0 Å². The highest BCUT2D eigenvalue weighted by Crippen LogP contribution is 2.18. The van der Waals surface area contributed by atoms with Gasteiger partial charge in [0.25, 0.3) is 0 Å². The van der Waals surface area contributed by atoms with E-state index in [0.717, 1.165) is 40.9 Å². The van der Waals surface area contributed by atoms with Crippen LogP contribution in [0.1, 0.15) is 25.0 Å². The third-order valence-corrected chi connectivity index (χ3v) is 4.41. The Morgan fingerprint density at radius 1 is 1.16 bits per heavy atom. The Hall–Kier alpha value is -2.82. The molecule has 0 aliphatic heterocycles. The van der Waals surface area contributed by atoms with Crippen molar-refractivity contribution < 1.29 is 4.79 Å². The van der Waals surface area contributed by atoms with Crippen molar-refractivity contribution in [2.75, 3.05) is 18.0 Å². The van der Waals surface area contributed by atoms with Gasteiger partial charge in [0.05, 0.1) is 6.42 Å². The number of H-pyrrole nitrogens is 1. The molecule has 130 valence electrons. The number of carbonyl (C=O) groups excluding carboxylic acids is 1. The second-order valence-corrected chi connectivity index (χ2v) is 6.01. The number of aromatic amines is 1. The Morgan fingerprint density at radius 3 is 2.68 bits per heavy atom. The molecule has 0 spiro atoms. The van der Waals surface area contributed by atoms with E-state index in [1.54, 1.807) is 0 Å². The molecule has 0 aliphatic rings. The summed E-state index contributed by atoms with van der Waals surface area (Å²) in [6.45, 7) is 6.59. The van der Waals surface area contributed by atoms with Crippen LogP contribution in [0.25, 0.3) is 10.9 Å². The summed E-state index contributed by atoms with van der Waals surface area (Å²) < 4.78 is 0. The highest BCUT2D eigenvalue weighted by Gasteiger charge is 2.09. The Labute approximate surface area is 148 Å². The van der Waals surface area contributed by atoms with Crippen molar-refractivity contribution in [2.24, 2.45) is 0 Å². The molecule has 25 heavy (non-hydrogen) atoms. The lowest BCUT2D eigenvalue weighted by Gasteiger charge is -2.19. The fourth-order valence-electron chi connectivity index (χ4n) is 2.97. The lowest BCUT2D eigenvalue weighted by atomic mass is 10.1. The van der Waals surface area contributed by atoms with Gasteiger partial charge in [-0.15, -0.1) is 0 Å². The summed E-state index contributed by atoms with van der Waals surface area (Å²) in [5.41, 5.74) is 3.08. The van der Waals surface area contributed by atoms with Crippen molar-refractivity contribution in [3.8, 4) is 0 Å². The third-order valence-electron chi connectivity index (χ3n) is 4.41. The zero-order chi connectivity index (χ0) is 17.6. The number of benzene rings is 1. The second-order valence-electron chi connectivity index (χ2n) is 6.01. The normalized spacial score (nSPS) is 10.8. The maximum absolute atomic E-state index is 12.2. The molecule has 0 unspecified atom stereocenters. The Bertz CT molecular complexity index is 834. The van der Waals surface area contributed by atoms with Crippen LogP contribution in [-0.4, -0.2) is 29.0 Å². The van der Waals surface area contributed by atoms with Crippen LogP contribution < -0.4 is 10.2 Å². The van der Waals surface area contributed by atoms with Crippen LogP contribution in [0.2, 0.25) is 0 Å². The van der Waals surface area contributed by atoms with Crippen LogP contribution in [0.3, 0.4) is 0 Å². The third kappa shape index (κ3) is 3.99. The first-order chi connectivity index (χ1) is 12.2. The van der Waals surface area contributed by atoms with E-state index in [9.17, 15) is 4.79 Å². The molecule has 0 saturated heterocycles. The largest absolute Gasteiger partial charge is 0.361 e. The molecule has 5 heteroatoms. The van der Waals surface area contributed by atoms with Crippen LogP contribution in [0, 0.1) is 0 Å². The van der Waals surface area contributed by atoms with Gasteiger partial charge in [-0.2, -0.15) is 0 Å². The SMILES string of the molecule is CCN(CC)c1ccc(CNC(=O)Cc2c[nH]c3ccccc23)cn1. The van der Waals surface area contributed by atoms with E-state index in [-0.39, 0.29) is 5.91 Å². The summed E-state index contributed by atoms with van der Waals surface area (Å²) in [7, 11) is 0. The molecular weight excluding hydrogens is 312 g/mol. The topological polar surface area (TPSA) is 61.0 Å². The highest BCUT2D eigenvalue weighted by molar-refractivity contribution is 5.88. The van der Waals surface area contributed by atoms with Crippen LogP contribution in [0.15, 0.2) is 48.8 Å². The average molecular weight is 336 g/mol. The van der Waals surface area contributed by atoms with Gasteiger partial charge in [-0.05, 0) is 37.1 Å². The van der Waals surface area contributed by atoms with Gasteiger partial charge < -0.3 is 15.2 Å². The average Bonchev–Trinajstić information content (AvgIpc) is 3.05. The van der Waals surface area contributed by atoms with E-state index in [1.165, 1.54) is 0 Å². The number of aromatic nitrogens is 2. The minimum absolute atomic E-state index is 0.0116. The first-order valence-electron chi connectivity index (χ1n) is 8.72. The number of carbonyl (C=O) groups is 1. The number of nitrogens with one attached hydrogen (secondary N) is 2. The maximum Gasteiger partial charge on any atom is 0.224 e. The summed E-state index contributed by atoms with van der Waals surface area (Å²) in [5, 5.41) is 4.07. The lowest BCUT2D eigenvalue weighted by molar-refractivity contribution is -0.120. The molecule has 3 aromatic rings. The molecule has 0 bridgehead atoms. The molecule has 0 aliphatic carbocycles. The lowest BCUT2D eigenvalue weighted by Crippen LogP contribution is -2.25. The molecule has 0 saturated carbocycles. The van der Waals surface area contributed by atoms with Crippen molar-refractivity contribution >= 4 is 22.6 Å². The van der Waals surface area contributed by atoms with Gasteiger partial charge in [-0.1, -0.05) is 24.3 Å². The maximum atomic E-state index is 12.2. The van der Waals surface area contributed by atoms with Crippen molar-refractivity contribution in [2.45, 2.75) is 26.8 Å². The summed E-state index contributed by atoms with van der Waals surface area (Å²) in [6.07, 6.45) is 4.11. The number of anilines is 1. The van der Waals surface area contributed by atoms with Crippen molar-refractivity contribution in [3.05, 3.63) is 59.9 Å². The van der Waals surface area contributed by atoms with Gasteiger partial charge in [0.1, 0.15) is 5.82 Å². The van der Waals surface area contributed by atoms with Gasteiger partial charge >= 0.3 is 0 Å². The summed E-state index contributed by atoms with van der Waals surface area (Å²) >= 11 is 0. The van der Waals surface area contributed by atoms with Crippen LogP contribution >= 0.6 is 0 Å². The molecule has 0 atom stereocenters. The second kappa shape index (κ2) is 7.83. The molecule has 3 rings (SSSR count). The number of fused-ring (bicyclic) bond motifs is 1. The zero-order valence-corrected chi connectivity index (χ0v) is 14.7. The predicted molar refractivity (Wildman–Crippen MR) is 102 cm³/mol. The smallest absolute Gasteiger partial charge is 0.224 e. The standard InChI is InChI=1S/C20H24N4O/c1-3-24(4-2)19-10-9-15(12-22-19)13-23-20(25)11-16-14-21-18-8-6-5-7-17(16)18/h5-10,12,14,21H,3-4,11,13H2,1-2H3,(H,23,25). The van der Waals surface area contributed by atoms with Crippen molar-refractivity contribution in [1.29, 1.82) is 0 Å². The van der Waals surface area contributed by atoms with E-state index < -0.39 is 0 Å². The Morgan fingerprint density at radius 2 is 1.96 bits per heavy atom. The number of pyridine rings is 1. The fourth-order valence-corrected chi connectivity index (χ4v) is 2.97. The van der Waals surface area contributed by atoms with Gasteiger partial charge in [0.2, 0.25) is 5.91 Å². The number of rotatable bonds is 7. The van der Waals surface area contributed by atoms with E-state index in [1.807, 2.05) is 48.8 Å². The molecular formula is C20H24N4O. The first-order valence-corrected chi connectivity index (χ1v) is 8.72. The van der Waals surface area contributed by atoms with Gasteiger partial charge in [0, 0.05) is 42.9 Å². The molecule has 2 N–H and O–H groups in total. The summed E-state index contributed by atoms with van der Waals surface area (Å²) in [4.78, 5) is 22.1. The van der Waals surface area contributed by atoms with Gasteiger partial charge in [-0.3, -0.25) is 4.79 Å². The molecule has 1 aromatic carbocycles. The van der Waals surface area contributed by atoms with E-state index in [4.69, 9.17) is 0 Å². The van der Waals surface area contributed by atoms with E-state index in [2.05, 4.69) is 34.0 Å². The number of hydrogen-bond donors (Lipinski definition) is 2. The van der Waals surface area contributed by atoms with Crippen molar-refractivity contribution in [3.63, 3.8) is 0 Å². The fraction of sp³-hybridized carbons (Fsp3) is 0.300. The minimum atomic E-state index is 0.0116. The monoisotopic (exact) mass is 336 g/mol. The minimum Gasteiger partial charge on any atom is -0.361 e. The Kier molecular flexibility index (Phi) is 5.33. The van der Waals surface area contributed by atoms with Gasteiger partial charge in [0.15, 0.2) is 0 Å². The van der Waals surface area contributed by atoms with Crippen LogP contribution in [0.4, 0.5) is 5.82 Å². The summed E-state index contributed by atoms with van der Waals surface area (Å²) in [6, 6.07) is 12.0. The van der Waals surface area contributed by atoms with Crippen LogP contribution in [-0.2, 0) is 17.8 Å². The molecule has 1 amide bonds. The summed E-state index contributed by atoms with van der Waals surface area (Å²) in [5.74, 6) is 0.983. The number of hydrogen-bond acceptors (Lipinski definition) is 3. The zero-order valence-electron chi connectivity index (χ0n) is 14.7. The van der Waals surface area contributed by atoms with E-state index in [0.29, 0.717) is 13.0 Å². The Balaban J connectivity index is 1.57. The predicted octanol–water partition coefficient (Wildman–Crippen LogP) is 3.27. The number of nitrogens with zero attached hydrogens (tertiary/aromatic N) is 2. The molecule has 5 nitrogen and oxygen atoms in total.